The summed E-state index contributed by atoms with van der Waals surface area (Å²) in [6.45, 7) is 12.4. The molecule has 3 rings (SSSR count). The zero-order valence-corrected chi connectivity index (χ0v) is 16.2. The highest BCUT2D eigenvalue weighted by atomic mass is 14.5. The molecule has 3 fully saturated rings. The highest BCUT2D eigenvalue weighted by Gasteiger charge is 2.49. The molecule has 0 heteroatoms. The minimum Gasteiger partial charge on any atom is -0.0699 e. The van der Waals surface area contributed by atoms with Gasteiger partial charge in [-0.15, -0.1) is 0 Å². The van der Waals surface area contributed by atoms with Crippen LogP contribution in [0.15, 0.2) is 23.3 Å². The van der Waals surface area contributed by atoms with Crippen molar-refractivity contribution in [3.8, 4) is 0 Å². The van der Waals surface area contributed by atoms with Gasteiger partial charge in [-0.2, -0.15) is 0 Å². The van der Waals surface area contributed by atoms with Gasteiger partial charge in [-0.1, -0.05) is 57.9 Å². The van der Waals surface area contributed by atoms with Crippen LogP contribution in [-0.4, -0.2) is 0 Å². The molecule has 0 aromatic rings. The summed E-state index contributed by atoms with van der Waals surface area (Å²) in [5.74, 6) is 4.46. The van der Waals surface area contributed by atoms with Crippen molar-refractivity contribution >= 4 is 0 Å². The van der Waals surface area contributed by atoms with E-state index < -0.39 is 0 Å². The summed E-state index contributed by atoms with van der Waals surface area (Å²) in [6, 6.07) is 0. The molecule has 3 aliphatic carbocycles. The van der Waals surface area contributed by atoms with Gasteiger partial charge in [0.2, 0.25) is 0 Å². The molecule has 0 saturated heterocycles. The van der Waals surface area contributed by atoms with Crippen molar-refractivity contribution < 1.29 is 0 Å². The Kier molecular flexibility index (Phi) is 5.09. The van der Waals surface area contributed by atoms with E-state index in [0.717, 1.165) is 29.6 Å². The lowest BCUT2D eigenvalue weighted by Crippen LogP contribution is -2.35. The average Bonchev–Trinajstić information content (AvgIpc) is 2.86. The van der Waals surface area contributed by atoms with Crippen molar-refractivity contribution in [2.45, 2.75) is 86.0 Å². The number of rotatable bonds is 2. The van der Waals surface area contributed by atoms with Gasteiger partial charge in [-0.3, -0.25) is 0 Å². The van der Waals surface area contributed by atoms with Crippen molar-refractivity contribution in [2.24, 2.45) is 35.0 Å². The van der Waals surface area contributed by atoms with Crippen LogP contribution in [0.1, 0.15) is 86.0 Å². The number of hydrogen-bond acceptors (Lipinski definition) is 0. The molecule has 0 nitrogen and oxygen atoms in total. The maximum atomic E-state index is 2.61. The van der Waals surface area contributed by atoms with E-state index in [2.05, 4.69) is 46.8 Å². The summed E-state index contributed by atoms with van der Waals surface area (Å²) in [5, 5.41) is 0. The molecule has 0 radical (unpaired) electrons. The molecule has 130 valence electrons. The fourth-order valence-electron chi connectivity index (χ4n) is 6.17. The largest absolute Gasteiger partial charge is 0.0699 e. The van der Waals surface area contributed by atoms with Crippen molar-refractivity contribution in [1.29, 1.82) is 0 Å². The molecule has 0 aliphatic heterocycles. The van der Waals surface area contributed by atoms with Crippen molar-refractivity contribution in [3.63, 3.8) is 0 Å². The van der Waals surface area contributed by atoms with E-state index in [1.165, 1.54) is 51.4 Å². The number of allylic oxidation sites excluding steroid dienone is 4. The highest BCUT2D eigenvalue weighted by molar-refractivity contribution is 5.25. The topological polar surface area (TPSA) is 0 Å². The lowest BCUT2D eigenvalue weighted by molar-refractivity contribution is 0.104. The molecule has 0 amide bonds. The minimum absolute atomic E-state index is 0.588. The van der Waals surface area contributed by atoms with Gasteiger partial charge in [-0.25, -0.2) is 0 Å². The standard InChI is InChI=1S/C23H38/c1-16(2)21-12-13-22-20(7-6-14-23(21,22)5)11-10-19-9-8-17(3)18(4)15-19/h10-11,16-18,21-22H,6-9,12-15H2,1-5H3/b19-10-,20-11+. The number of hydrogen-bond donors (Lipinski definition) is 0. The van der Waals surface area contributed by atoms with Crippen LogP contribution < -0.4 is 0 Å². The predicted octanol–water partition coefficient (Wildman–Crippen LogP) is 7.17. The highest BCUT2D eigenvalue weighted by Crippen LogP contribution is 2.59. The Labute approximate surface area is 144 Å². The molecular weight excluding hydrogens is 276 g/mol. The first kappa shape index (κ1) is 17.3. The lowest BCUT2D eigenvalue weighted by Gasteiger charge is -2.43. The minimum atomic E-state index is 0.588. The molecule has 0 spiro atoms. The summed E-state index contributed by atoms with van der Waals surface area (Å²) >= 11 is 0. The fourth-order valence-corrected chi connectivity index (χ4v) is 6.17. The Bertz CT molecular complexity index is 480. The quantitative estimate of drug-likeness (QED) is 0.507. The van der Waals surface area contributed by atoms with Crippen LogP contribution in [0.3, 0.4) is 0 Å². The molecule has 0 N–H and O–H groups in total. The predicted molar refractivity (Wildman–Crippen MR) is 101 cm³/mol. The average molecular weight is 315 g/mol. The maximum Gasteiger partial charge on any atom is -0.0143 e. The first-order valence-corrected chi connectivity index (χ1v) is 10.3. The molecule has 0 aromatic heterocycles. The van der Waals surface area contributed by atoms with E-state index >= 15 is 0 Å². The van der Waals surface area contributed by atoms with E-state index in [0.29, 0.717) is 5.41 Å². The first-order valence-electron chi connectivity index (χ1n) is 10.3. The van der Waals surface area contributed by atoms with Crippen molar-refractivity contribution in [1.82, 2.24) is 0 Å². The van der Waals surface area contributed by atoms with E-state index in [4.69, 9.17) is 0 Å². The molecule has 0 aromatic carbocycles. The maximum absolute atomic E-state index is 2.61. The third kappa shape index (κ3) is 3.33. The SMILES string of the molecule is CC(C)C1CCC2/C(=C/C=C3/CCC(C)C(C)C3)CCCC21C. The molecule has 3 saturated carbocycles. The summed E-state index contributed by atoms with van der Waals surface area (Å²) in [6.07, 6.45) is 16.3. The molecular formula is C23H38. The second-order valence-corrected chi connectivity index (χ2v) is 9.60. The summed E-state index contributed by atoms with van der Waals surface area (Å²) in [4.78, 5) is 0. The normalized spacial score (nSPS) is 45.0. The van der Waals surface area contributed by atoms with E-state index in [9.17, 15) is 0 Å². The van der Waals surface area contributed by atoms with E-state index in [1.54, 1.807) is 11.1 Å². The smallest absolute Gasteiger partial charge is 0.0143 e. The van der Waals surface area contributed by atoms with Gasteiger partial charge in [0.15, 0.2) is 0 Å². The van der Waals surface area contributed by atoms with Crippen molar-refractivity contribution in [3.05, 3.63) is 23.3 Å². The van der Waals surface area contributed by atoms with Crippen LogP contribution in [-0.2, 0) is 0 Å². The van der Waals surface area contributed by atoms with E-state index in [1.807, 2.05) is 0 Å². The van der Waals surface area contributed by atoms with Crippen LogP contribution in [0.5, 0.6) is 0 Å². The zero-order chi connectivity index (χ0) is 16.6. The monoisotopic (exact) mass is 314 g/mol. The fraction of sp³-hybridized carbons (Fsp3) is 0.826. The second-order valence-electron chi connectivity index (χ2n) is 9.60. The Balaban J connectivity index is 1.76. The molecule has 3 aliphatic rings. The van der Waals surface area contributed by atoms with Gasteiger partial charge in [0.25, 0.3) is 0 Å². The van der Waals surface area contributed by atoms with Crippen LogP contribution in [0.4, 0.5) is 0 Å². The Morgan fingerprint density at radius 2 is 1.78 bits per heavy atom. The van der Waals surface area contributed by atoms with Crippen molar-refractivity contribution in [2.75, 3.05) is 0 Å². The van der Waals surface area contributed by atoms with E-state index in [-0.39, 0.29) is 0 Å². The second kappa shape index (κ2) is 6.77. The summed E-state index contributed by atoms with van der Waals surface area (Å²) < 4.78 is 0. The summed E-state index contributed by atoms with van der Waals surface area (Å²) in [7, 11) is 0. The summed E-state index contributed by atoms with van der Waals surface area (Å²) in [5.41, 5.74) is 4.10. The molecule has 5 unspecified atom stereocenters. The molecule has 0 bridgehead atoms. The van der Waals surface area contributed by atoms with Gasteiger partial charge in [0, 0.05) is 0 Å². The molecule has 0 heterocycles. The van der Waals surface area contributed by atoms with Crippen LogP contribution in [0.2, 0.25) is 0 Å². The lowest BCUT2D eigenvalue weighted by atomic mass is 9.61. The third-order valence-corrected chi connectivity index (χ3v) is 7.85. The van der Waals surface area contributed by atoms with Gasteiger partial charge < -0.3 is 0 Å². The zero-order valence-electron chi connectivity index (χ0n) is 16.2. The molecule has 5 atom stereocenters. The third-order valence-electron chi connectivity index (χ3n) is 7.85. The Hall–Kier alpha value is -0.520. The van der Waals surface area contributed by atoms with Gasteiger partial charge in [0.05, 0.1) is 0 Å². The Morgan fingerprint density at radius 1 is 1.00 bits per heavy atom. The first-order chi connectivity index (χ1) is 10.9. The molecule has 23 heavy (non-hydrogen) atoms. The number of fused-ring (bicyclic) bond motifs is 1. The van der Waals surface area contributed by atoms with Gasteiger partial charge >= 0.3 is 0 Å². The Morgan fingerprint density at radius 3 is 2.48 bits per heavy atom. The van der Waals surface area contributed by atoms with Crippen LogP contribution >= 0.6 is 0 Å². The van der Waals surface area contributed by atoms with Gasteiger partial charge in [-0.05, 0) is 86.4 Å². The van der Waals surface area contributed by atoms with Crippen LogP contribution in [0.25, 0.3) is 0 Å². The van der Waals surface area contributed by atoms with Crippen LogP contribution in [0, 0.1) is 35.0 Å². The van der Waals surface area contributed by atoms with Gasteiger partial charge in [0.1, 0.15) is 0 Å².